The Balaban J connectivity index is 1.80. The normalized spacial score (nSPS) is 10.1. The van der Waals surface area contributed by atoms with Crippen LogP contribution in [0.3, 0.4) is 0 Å². The Kier molecular flexibility index (Phi) is 5.95. The quantitative estimate of drug-likeness (QED) is 0.758. The second kappa shape index (κ2) is 8.15. The summed E-state index contributed by atoms with van der Waals surface area (Å²) in [7, 11) is 0. The van der Waals surface area contributed by atoms with Crippen LogP contribution in [0.25, 0.3) is 0 Å². The van der Waals surface area contributed by atoms with Crippen molar-refractivity contribution in [1.29, 1.82) is 0 Å². The van der Waals surface area contributed by atoms with E-state index < -0.39 is 0 Å². The van der Waals surface area contributed by atoms with Crippen molar-refractivity contribution in [2.75, 3.05) is 22.5 Å². The van der Waals surface area contributed by atoms with Crippen LogP contribution in [0.2, 0.25) is 0 Å². The molecule has 0 aromatic heterocycles. The topological polar surface area (TPSA) is 70.2 Å². The SMILES string of the molecule is CC(=O)Nc1ccc(NCCC(=O)Nc2cccc(C)c2C)cc1. The summed E-state index contributed by atoms with van der Waals surface area (Å²) in [6.45, 7) is 6.04. The maximum Gasteiger partial charge on any atom is 0.226 e. The van der Waals surface area contributed by atoms with Gasteiger partial charge in [0.15, 0.2) is 0 Å². The third kappa shape index (κ3) is 5.12. The zero-order chi connectivity index (χ0) is 17.5. The van der Waals surface area contributed by atoms with Gasteiger partial charge in [-0.3, -0.25) is 9.59 Å². The summed E-state index contributed by atoms with van der Waals surface area (Å²) in [5.41, 5.74) is 4.77. The number of aryl methyl sites for hydroxylation is 1. The first-order valence-electron chi connectivity index (χ1n) is 7.93. The van der Waals surface area contributed by atoms with Crippen LogP contribution >= 0.6 is 0 Å². The Hall–Kier alpha value is -2.82. The van der Waals surface area contributed by atoms with Gasteiger partial charge in [0.1, 0.15) is 0 Å². The van der Waals surface area contributed by atoms with Crippen molar-refractivity contribution < 1.29 is 9.59 Å². The van der Waals surface area contributed by atoms with E-state index in [9.17, 15) is 9.59 Å². The second-order valence-corrected chi connectivity index (χ2v) is 5.73. The predicted molar refractivity (Wildman–Crippen MR) is 98.4 cm³/mol. The minimum Gasteiger partial charge on any atom is -0.385 e. The summed E-state index contributed by atoms with van der Waals surface area (Å²) < 4.78 is 0. The Morgan fingerprint density at radius 1 is 0.917 bits per heavy atom. The van der Waals surface area contributed by atoms with Crippen molar-refractivity contribution in [2.24, 2.45) is 0 Å². The van der Waals surface area contributed by atoms with Crippen LogP contribution in [-0.2, 0) is 9.59 Å². The molecule has 126 valence electrons. The van der Waals surface area contributed by atoms with Crippen molar-refractivity contribution in [1.82, 2.24) is 0 Å². The summed E-state index contributed by atoms with van der Waals surface area (Å²) >= 11 is 0. The summed E-state index contributed by atoms with van der Waals surface area (Å²) in [4.78, 5) is 23.0. The molecule has 0 aliphatic rings. The monoisotopic (exact) mass is 325 g/mol. The lowest BCUT2D eigenvalue weighted by Crippen LogP contribution is -2.17. The Labute approximate surface area is 142 Å². The Bertz CT molecular complexity index is 724. The molecule has 24 heavy (non-hydrogen) atoms. The first-order chi connectivity index (χ1) is 11.5. The molecule has 0 fully saturated rings. The molecule has 5 heteroatoms. The molecule has 0 atom stereocenters. The molecule has 0 unspecified atom stereocenters. The Morgan fingerprint density at radius 3 is 2.25 bits per heavy atom. The third-order valence-electron chi connectivity index (χ3n) is 3.77. The first-order valence-corrected chi connectivity index (χ1v) is 7.93. The average molecular weight is 325 g/mol. The first kappa shape index (κ1) is 17.5. The highest BCUT2D eigenvalue weighted by atomic mass is 16.2. The zero-order valence-electron chi connectivity index (χ0n) is 14.3. The fraction of sp³-hybridized carbons (Fsp3) is 0.263. The number of anilines is 3. The van der Waals surface area contributed by atoms with Crippen molar-refractivity contribution in [3.8, 4) is 0 Å². The largest absolute Gasteiger partial charge is 0.385 e. The summed E-state index contributed by atoms with van der Waals surface area (Å²) in [6.07, 6.45) is 0.376. The number of amides is 2. The van der Waals surface area contributed by atoms with E-state index in [1.807, 2.05) is 56.3 Å². The molecule has 0 heterocycles. The number of rotatable bonds is 6. The fourth-order valence-electron chi connectivity index (χ4n) is 2.29. The molecule has 0 saturated carbocycles. The molecule has 5 nitrogen and oxygen atoms in total. The van der Waals surface area contributed by atoms with Gasteiger partial charge in [-0.2, -0.15) is 0 Å². The number of carbonyl (C=O) groups excluding carboxylic acids is 2. The van der Waals surface area contributed by atoms with Gasteiger partial charge in [0, 0.05) is 37.0 Å². The van der Waals surface area contributed by atoms with Crippen molar-refractivity contribution in [2.45, 2.75) is 27.2 Å². The molecule has 0 aliphatic carbocycles. The lowest BCUT2D eigenvalue weighted by Gasteiger charge is -2.11. The molecule has 0 saturated heterocycles. The summed E-state index contributed by atoms with van der Waals surface area (Å²) in [5.74, 6) is -0.120. The van der Waals surface area contributed by atoms with Crippen molar-refractivity contribution in [3.05, 3.63) is 53.6 Å². The number of hydrogen-bond acceptors (Lipinski definition) is 3. The molecule has 2 amide bonds. The van der Waals surface area contributed by atoms with Gasteiger partial charge in [-0.05, 0) is 55.3 Å². The van der Waals surface area contributed by atoms with Crippen LogP contribution in [0.4, 0.5) is 17.1 Å². The maximum absolute atomic E-state index is 12.0. The van der Waals surface area contributed by atoms with Crippen LogP contribution in [0, 0.1) is 13.8 Å². The molecule has 2 aromatic rings. The number of benzene rings is 2. The van der Waals surface area contributed by atoms with Gasteiger partial charge in [-0.25, -0.2) is 0 Å². The predicted octanol–water partition coefficient (Wildman–Crippen LogP) is 3.70. The van der Waals surface area contributed by atoms with Gasteiger partial charge >= 0.3 is 0 Å². The average Bonchev–Trinajstić information content (AvgIpc) is 2.53. The highest BCUT2D eigenvalue weighted by molar-refractivity contribution is 5.92. The van der Waals surface area contributed by atoms with Gasteiger partial charge in [-0.15, -0.1) is 0 Å². The molecule has 0 radical (unpaired) electrons. The standard InChI is InChI=1S/C19H23N3O2/c1-13-5-4-6-18(14(13)2)22-19(24)11-12-20-16-7-9-17(10-8-16)21-15(3)23/h4-10,20H,11-12H2,1-3H3,(H,21,23)(H,22,24). The number of nitrogens with one attached hydrogen (secondary N) is 3. The van der Waals surface area contributed by atoms with Crippen molar-refractivity contribution in [3.63, 3.8) is 0 Å². The van der Waals surface area contributed by atoms with E-state index in [2.05, 4.69) is 16.0 Å². The molecule has 2 aromatic carbocycles. The van der Waals surface area contributed by atoms with Crippen LogP contribution in [0.15, 0.2) is 42.5 Å². The van der Waals surface area contributed by atoms with E-state index in [0.29, 0.717) is 13.0 Å². The lowest BCUT2D eigenvalue weighted by atomic mass is 10.1. The van der Waals surface area contributed by atoms with Crippen LogP contribution in [0.1, 0.15) is 24.5 Å². The van der Waals surface area contributed by atoms with E-state index in [4.69, 9.17) is 0 Å². The third-order valence-corrected chi connectivity index (χ3v) is 3.77. The minimum atomic E-state index is -0.0983. The van der Waals surface area contributed by atoms with E-state index >= 15 is 0 Å². The molecule has 3 N–H and O–H groups in total. The number of hydrogen-bond donors (Lipinski definition) is 3. The summed E-state index contributed by atoms with van der Waals surface area (Å²) in [5, 5.41) is 8.85. The lowest BCUT2D eigenvalue weighted by molar-refractivity contribution is -0.116. The van der Waals surface area contributed by atoms with Gasteiger partial charge < -0.3 is 16.0 Å². The molecule has 0 spiro atoms. The molecular weight excluding hydrogens is 302 g/mol. The molecule has 2 rings (SSSR count). The smallest absolute Gasteiger partial charge is 0.226 e. The number of carbonyl (C=O) groups is 2. The van der Waals surface area contributed by atoms with E-state index in [-0.39, 0.29) is 11.8 Å². The van der Waals surface area contributed by atoms with Crippen LogP contribution < -0.4 is 16.0 Å². The van der Waals surface area contributed by atoms with Crippen LogP contribution in [0.5, 0.6) is 0 Å². The van der Waals surface area contributed by atoms with Crippen LogP contribution in [-0.4, -0.2) is 18.4 Å². The van der Waals surface area contributed by atoms with Gasteiger partial charge in [0.2, 0.25) is 11.8 Å². The summed E-state index contributed by atoms with van der Waals surface area (Å²) in [6, 6.07) is 13.2. The van der Waals surface area contributed by atoms with E-state index in [1.54, 1.807) is 0 Å². The van der Waals surface area contributed by atoms with Gasteiger partial charge in [0.25, 0.3) is 0 Å². The fourth-order valence-corrected chi connectivity index (χ4v) is 2.29. The second-order valence-electron chi connectivity index (χ2n) is 5.73. The van der Waals surface area contributed by atoms with E-state index in [0.717, 1.165) is 28.2 Å². The van der Waals surface area contributed by atoms with Crippen molar-refractivity contribution >= 4 is 28.9 Å². The van der Waals surface area contributed by atoms with Gasteiger partial charge in [0.05, 0.1) is 0 Å². The highest BCUT2D eigenvalue weighted by Gasteiger charge is 2.06. The minimum absolute atomic E-state index is 0.0222. The highest BCUT2D eigenvalue weighted by Crippen LogP contribution is 2.18. The van der Waals surface area contributed by atoms with Gasteiger partial charge in [-0.1, -0.05) is 12.1 Å². The molecule has 0 bridgehead atoms. The van der Waals surface area contributed by atoms with E-state index in [1.165, 1.54) is 6.92 Å². The Morgan fingerprint density at radius 2 is 1.58 bits per heavy atom. The molecule has 0 aliphatic heterocycles. The maximum atomic E-state index is 12.0. The zero-order valence-corrected chi connectivity index (χ0v) is 14.3. The molecular formula is C19H23N3O2.